The van der Waals surface area contributed by atoms with Crippen molar-refractivity contribution in [2.45, 2.75) is 46.2 Å². The maximum Gasteiger partial charge on any atom is 0.161 e. The van der Waals surface area contributed by atoms with Gasteiger partial charge in [0, 0.05) is 19.1 Å². The fourth-order valence-electron chi connectivity index (χ4n) is 3.13. The number of halogens is 2. The highest BCUT2D eigenvalue weighted by Gasteiger charge is 2.22. The van der Waals surface area contributed by atoms with Gasteiger partial charge in [0.1, 0.15) is 0 Å². The first-order chi connectivity index (χ1) is 10.8. The summed E-state index contributed by atoms with van der Waals surface area (Å²) in [5.41, 5.74) is 1.24. The number of hydrogen-bond donors (Lipinski definition) is 1. The highest BCUT2D eigenvalue weighted by Crippen LogP contribution is 2.28. The van der Waals surface area contributed by atoms with E-state index in [2.05, 4.69) is 29.3 Å². The Bertz CT molecular complexity index is 461. The van der Waals surface area contributed by atoms with E-state index in [0.29, 0.717) is 19.3 Å². The van der Waals surface area contributed by atoms with Crippen molar-refractivity contribution in [2.24, 2.45) is 0 Å². The molecule has 1 aliphatic rings. The lowest BCUT2D eigenvalue weighted by Gasteiger charge is -2.23. The monoisotopic (exact) mass is 378 g/mol. The van der Waals surface area contributed by atoms with E-state index < -0.39 is 0 Å². The first-order valence-corrected chi connectivity index (χ1v) is 8.61. The fourth-order valence-corrected chi connectivity index (χ4v) is 3.13. The third-order valence-electron chi connectivity index (χ3n) is 4.22. The van der Waals surface area contributed by atoms with Crippen LogP contribution in [-0.2, 0) is 6.54 Å². The Morgan fingerprint density at radius 2 is 1.79 bits per heavy atom. The summed E-state index contributed by atoms with van der Waals surface area (Å²) >= 11 is 0. The number of benzene rings is 1. The van der Waals surface area contributed by atoms with Crippen molar-refractivity contribution >= 4 is 24.8 Å². The van der Waals surface area contributed by atoms with Crippen LogP contribution in [0.15, 0.2) is 18.2 Å². The number of likely N-dealkylation sites (N-methyl/N-ethyl adjacent to an activating group) is 1. The second kappa shape index (κ2) is 12.6. The topological polar surface area (TPSA) is 33.7 Å². The number of ether oxygens (including phenoxy) is 2. The standard InChI is InChI=1S/C18H30N2O2.2ClH/c1-4-20-11-7-8-16(20)14-19-13-15-9-10-17(21-5-2)18(12-15)22-6-3;;/h9-10,12,16,19H,4-8,11,13-14H2,1-3H3;2*1H. The second-order valence-corrected chi connectivity index (χ2v) is 5.70. The maximum absolute atomic E-state index is 5.68. The molecule has 4 nitrogen and oxygen atoms in total. The van der Waals surface area contributed by atoms with Crippen LogP contribution < -0.4 is 14.8 Å². The minimum absolute atomic E-state index is 0. The van der Waals surface area contributed by atoms with E-state index in [9.17, 15) is 0 Å². The zero-order valence-electron chi connectivity index (χ0n) is 15.0. The molecule has 1 unspecified atom stereocenters. The summed E-state index contributed by atoms with van der Waals surface area (Å²) in [6, 6.07) is 6.92. The molecular formula is C18H32Cl2N2O2. The fraction of sp³-hybridized carbons (Fsp3) is 0.667. The zero-order chi connectivity index (χ0) is 15.8. The van der Waals surface area contributed by atoms with Crippen LogP contribution in [0.4, 0.5) is 0 Å². The van der Waals surface area contributed by atoms with Gasteiger partial charge >= 0.3 is 0 Å². The third kappa shape index (κ3) is 6.67. The molecule has 1 aromatic rings. The molecule has 2 rings (SSSR count). The van der Waals surface area contributed by atoms with E-state index >= 15 is 0 Å². The van der Waals surface area contributed by atoms with Crippen LogP contribution in [0.1, 0.15) is 39.2 Å². The van der Waals surface area contributed by atoms with Crippen LogP contribution in [0.25, 0.3) is 0 Å². The quantitative estimate of drug-likeness (QED) is 0.706. The van der Waals surface area contributed by atoms with Crippen LogP contribution in [-0.4, -0.2) is 43.8 Å². The Morgan fingerprint density at radius 1 is 1.08 bits per heavy atom. The average molecular weight is 379 g/mol. The molecule has 0 aliphatic carbocycles. The molecule has 1 aromatic carbocycles. The second-order valence-electron chi connectivity index (χ2n) is 5.70. The van der Waals surface area contributed by atoms with Gasteiger partial charge in [0.25, 0.3) is 0 Å². The summed E-state index contributed by atoms with van der Waals surface area (Å²) in [4.78, 5) is 2.57. The van der Waals surface area contributed by atoms with Crippen LogP contribution in [0.2, 0.25) is 0 Å². The van der Waals surface area contributed by atoms with Crippen molar-refractivity contribution in [3.8, 4) is 11.5 Å². The molecule has 24 heavy (non-hydrogen) atoms. The molecule has 140 valence electrons. The Morgan fingerprint density at radius 3 is 2.46 bits per heavy atom. The Hall–Kier alpha value is -0.680. The number of hydrogen-bond acceptors (Lipinski definition) is 4. The van der Waals surface area contributed by atoms with Crippen molar-refractivity contribution in [3.05, 3.63) is 23.8 Å². The van der Waals surface area contributed by atoms with Gasteiger partial charge in [0.05, 0.1) is 13.2 Å². The Labute approximate surface area is 159 Å². The van der Waals surface area contributed by atoms with Gasteiger partial charge in [0.2, 0.25) is 0 Å². The summed E-state index contributed by atoms with van der Waals surface area (Å²) < 4.78 is 11.3. The number of nitrogens with zero attached hydrogens (tertiary/aromatic N) is 1. The first kappa shape index (κ1) is 23.3. The van der Waals surface area contributed by atoms with Crippen molar-refractivity contribution in [1.29, 1.82) is 0 Å². The molecule has 0 saturated carbocycles. The SMILES string of the molecule is CCOc1ccc(CNCC2CCCN2CC)cc1OCC.Cl.Cl. The molecule has 1 heterocycles. The van der Waals surface area contributed by atoms with Crippen molar-refractivity contribution < 1.29 is 9.47 Å². The van der Waals surface area contributed by atoms with Crippen LogP contribution in [0.3, 0.4) is 0 Å². The molecule has 6 heteroatoms. The molecular weight excluding hydrogens is 347 g/mol. The molecule has 0 radical (unpaired) electrons. The normalized spacial score (nSPS) is 17.0. The van der Waals surface area contributed by atoms with Crippen LogP contribution in [0.5, 0.6) is 11.5 Å². The van der Waals surface area contributed by atoms with E-state index in [1.54, 1.807) is 0 Å². The van der Waals surface area contributed by atoms with Gasteiger partial charge in [-0.2, -0.15) is 0 Å². The molecule has 1 fully saturated rings. The highest BCUT2D eigenvalue weighted by molar-refractivity contribution is 5.85. The van der Waals surface area contributed by atoms with Gasteiger partial charge in [-0.05, 0) is 57.5 Å². The zero-order valence-corrected chi connectivity index (χ0v) is 16.7. The van der Waals surface area contributed by atoms with Crippen LogP contribution in [0, 0.1) is 0 Å². The van der Waals surface area contributed by atoms with Gasteiger partial charge in [-0.15, -0.1) is 24.8 Å². The summed E-state index contributed by atoms with van der Waals surface area (Å²) in [5, 5.41) is 3.59. The predicted molar refractivity (Wildman–Crippen MR) is 105 cm³/mol. The molecule has 0 bridgehead atoms. The van der Waals surface area contributed by atoms with E-state index in [1.165, 1.54) is 24.9 Å². The lowest BCUT2D eigenvalue weighted by molar-refractivity contribution is 0.259. The average Bonchev–Trinajstić information content (AvgIpc) is 2.98. The van der Waals surface area contributed by atoms with Crippen molar-refractivity contribution in [3.63, 3.8) is 0 Å². The lowest BCUT2D eigenvalue weighted by atomic mass is 10.1. The molecule has 0 amide bonds. The van der Waals surface area contributed by atoms with Gasteiger partial charge in [-0.25, -0.2) is 0 Å². The molecule has 1 saturated heterocycles. The largest absolute Gasteiger partial charge is 0.490 e. The van der Waals surface area contributed by atoms with Crippen LogP contribution >= 0.6 is 24.8 Å². The minimum atomic E-state index is 0. The first-order valence-electron chi connectivity index (χ1n) is 8.61. The molecule has 0 spiro atoms. The number of nitrogens with one attached hydrogen (secondary N) is 1. The van der Waals surface area contributed by atoms with E-state index in [-0.39, 0.29) is 24.8 Å². The third-order valence-corrected chi connectivity index (χ3v) is 4.22. The lowest BCUT2D eigenvalue weighted by Crippen LogP contribution is -2.37. The molecule has 1 N–H and O–H groups in total. The number of rotatable bonds is 9. The maximum atomic E-state index is 5.68. The van der Waals surface area contributed by atoms with Crippen molar-refractivity contribution in [2.75, 3.05) is 32.8 Å². The van der Waals surface area contributed by atoms with Crippen molar-refractivity contribution in [1.82, 2.24) is 10.2 Å². The van der Waals surface area contributed by atoms with Gasteiger partial charge in [-0.3, -0.25) is 4.90 Å². The summed E-state index contributed by atoms with van der Waals surface area (Å²) in [5.74, 6) is 1.68. The van der Waals surface area contributed by atoms with Gasteiger partial charge in [0.15, 0.2) is 11.5 Å². The van der Waals surface area contributed by atoms with E-state index in [4.69, 9.17) is 9.47 Å². The minimum Gasteiger partial charge on any atom is -0.490 e. The molecule has 1 atom stereocenters. The summed E-state index contributed by atoms with van der Waals surface area (Å²) in [6.45, 7) is 11.9. The molecule has 1 aliphatic heterocycles. The highest BCUT2D eigenvalue weighted by atomic mass is 35.5. The Kier molecular flexibility index (Phi) is 12.3. The van der Waals surface area contributed by atoms with Gasteiger partial charge in [-0.1, -0.05) is 13.0 Å². The van der Waals surface area contributed by atoms with Gasteiger partial charge < -0.3 is 14.8 Å². The predicted octanol–water partition coefficient (Wildman–Crippen LogP) is 3.90. The molecule has 0 aromatic heterocycles. The number of likely N-dealkylation sites (tertiary alicyclic amines) is 1. The summed E-state index contributed by atoms with van der Waals surface area (Å²) in [7, 11) is 0. The van der Waals surface area contributed by atoms with E-state index in [0.717, 1.165) is 31.1 Å². The smallest absolute Gasteiger partial charge is 0.161 e. The summed E-state index contributed by atoms with van der Waals surface area (Å²) in [6.07, 6.45) is 2.64. The Balaban J connectivity index is 0.00000264. The van der Waals surface area contributed by atoms with E-state index in [1.807, 2.05) is 19.9 Å².